The van der Waals surface area contributed by atoms with E-state index in [1.807, 2.05) is 0 Å². The molecule has 6 nitrogen and oxygen atoms in total. The summed E-state index contributed by atoms with van der Waals surface area (Å²) in [5.74, 6) is -1.49. The summed E-state index contributed by atoms with van der Waals surface area (Å²) in [6, 6.07) is 9.14. The molecule has 0 radical (unpaired) electrons. The third kappa shape index (κ3) is 5.70. The Morgan fingerprint density at radius 1 is 1.15 bits per heavy atom. The topological polar surface area (TPSA) is 77.4 Å². The van der Waals surface area contributed by atoms with E-state index in [2.05, 4.69) is 10.1 Å². The first-order chi connectivity index (χ1) is 12.7. The van der Waals surface area contributed by atoms with Crippen LogP contribution < -0.4 is 10.9 Å². The van der Waals surface area contributed by atoms with Gasteiger partial charge in [0.05, 0.1) is 12.7 Å². The van der Waals surface area contributed by atoms with Crippen LogP contribution in [0.5, 0.6) is 0 Å². The largest absolute Gasteiger partial charge is 0.467 e. The number of halogens is 3. The first-order valence-corrected chi connectivity index (χ1v) is 7.89. The van der Waals surface area contributed by atoms with E-state index < -0.39 is 41.8 Å². The highest BCUT2D eigenvalue weighted by molar-refractivity contribution is 5.84. The predicted octanol–water partition coefficient (Wildman–Crippen LogP) is 1.77. The molecule has 9 heteroatoms. The zero-order valence-electron chi connectivity index (χ0n) is 14.3. The van der Waals surface area contributed by atoms with Gasteiger partial charge in [-0.1, -0.05) is 30.3 Å². The van der Waals surface area contributed by atoms with Crippen LogP contribution in [0, 0.1) is 0 Å². The molecule has 2 rings (SSSR count). The number of hydrogen-bond acceptors (Lipinski definition) is 4. The lowest BCUT2D eigenvalue weighted by Gasteiger charge is -2.17. The van der Waals surface area contributed by atoms with Gasteiger partial charge in [-0.25, -0.2) is 4.79 Å². The van der Waals surface area contributed by atoms with Crippen LogP contribution in [-0.2, 0) is 33.5 Å². The number of hydrogen-bond donors (Lipinski definition) is 1. The van der Waals surface area contributed by atoms with Crippen LogP contribution in [0.25, 0.3) is 0 Å². The summed E-state index contributed by atoms with van der Waals surface area (Å²) in [6.07, 6.45) is -3.95. The number of nitrogens with zero attached hydrogens (tertiary/aromatic N) is 1. The molecule has 0 aliphatic heterocycles. The quantitative estimate of drug-likeness (QED) is 0.773. The van der Waals surface area contributed by atoms with Gasteiger partial charge in [0.1, 0.15) is 12.6 Å². The van der Waals surface area contributed by atoms with Gasteiger partial charge in [0, 0.05) is 18.7 Å². The van der Waals surface area contributed by atoms with Gasteiger partial charge >= 0.3 is 12.1 Å². The number of carbonyl (C=O) groups is 2. The van der Waals surface area contributed by atoms with Crippen LogP contribution in [0.1, 0.15) is 11.1 Å². The van der Waals surface area contributed by atoms with Crippen molar-refractivity contribution in [3.63, 3.8) is 0 Å². The molecule has 1 aromatic heterocycles. The Morgan fingerprint density at radius 3 is 2.41 bits per heavy atom. The average Bonchev–Trinajstić information content (AvgIpc) is 2.62. The van der Waals surface area contributed by atoms with Gasteiger partial charge in [0.15, 0.2) is 0 Å². The fraction of sp³-hybridized carbons (Fsp3) is 0.278. The smallest absolute Gasteiger partial charge is 0.417 e. The Balaban J connectivity index is 2.14. The van der Waals surface area contributed by atoms with Crippen LogP contribution >= 0.6 is 0 Å². The van der Waals surface area contributed by atoms with Crippen LogP contribution in [0.3, 0.4) is 0 Å². The number of alkyl halides is 3. The number of benzene rings is 1. The van der Waals surface area contributed by atoms with Crippen molar-refractivity contribution in [1.29, 1.82) is 0 Å². The second-order valence-corrected chi connectivity index (χ2v) is 5.71. The van der Waals surface area contributed by atoms with Gasteiger partial charge < -0.3 is 14.6 Å². The molecule has 2 aromatic rings. The SMILES string of the molecule is COC(=O)[C@@H](Cc1ccccc1)NC(=O)Cn1cc(C(F)(F)F)ccc1=O. The standard InChI is InChI=1S/C18H17F3N2O4/c1-27-17(26)14(9-12-5-3-2-4-6-12)22-15(24)11-23-10-13(18(19,20)21)7-8-16(23)25/h2-8,10,14H,9,11H2,1H3,(H,22,24)/t14-/m1/s1. The maximum absolute atomic E-state index is 12.8. The van der Waals surface area contributed by atoms with Crippen LogP contribution in [0.15, 0.2) is 53.5 Å². The molecule has 1 heterocycles. The number of amides is 1. The molecule has 0 saturated heterocycles. The Bertz CT molecular complexity index is 863. The Labute approximate surface area is 152 Å². The number of pyridine rings is 1. The van der Waals surface area contributed by atoms with E-state index in [0.29, 0.717) is 16.8 Å². The number of esters is 1. The first-order valence-electron chi connectivity index (χ1n) is 7.89. The molecule has 0 saturated carbocycles. The van der Waals surface area contributed by atoms with Crippen molar-refractivity contribution >= 4 is 11.9 Å². The van der Waals surface area contributed by atoms with Gasteiger partial charge in [0.2, 0.25) is 5.91 Å². The van der Waals surface area contributed by atoms with Crippen LogP contribution in [0.4, 0.5) is 13.2 Å². The number of carbonyl (C=O) groups excluding carboxylic acids is 2. The van der Waals surface area contributed by atoms with Crippen molar-refractivity contribution in [3.8, 4) is 0 Å². The Kier molecular flexibility index (Phi) is 6.38. The summed E-state index contributed by atoms with van der Waals surface area (Å²) in [5.41, 5.74) is -1.07. The van der Waals surface area contributed by atoms with Gasteiger partial charge in [-0.2, -0.15) is 13.2 Å². The molecule has 0 spiro atoms. The third-order valence-electron chi connectivity index (χ3n) is 3.73. The van der Waals surface area contributed by atoms with Crippen LogP contribution in [-0.4, -0.2) is 29.6 Å². The van der Waals surface area contributed by atoms with Crippen LogP contribution in [0.2, 0.25) is 0 Å². The van der Waals surface area contributed by atoms with E-state index in [0.717, 1.165) is 18.7 Å². The van der Waals surface area contributed by atoms with Crippen molar-refractivity contribution in [2.45, 2.75) is 25.2 Å². The average molecular weight is 382 g/mol. The maximum atomic E-state index is 12.8. The van der Waals surface area contributed by atoms with Gasteiger partial charge in [-0.3, -0.25) is 9.59 Å². The molecule has 0 fully saturated rings. The molecule has 0 bridgehead atoms. The molecular weight excluding hydrogens is 365 g/mol. The lowest BCUT2D eigenvalue weighted by molar-refractivity contribution is -0.145. The highest BCUT2D eigenvalue weighted by Crippen LogP contribution is 2.27. The molecule has 1 N–H and O–H groups in total. The van der Waals surface area contributed by atoms with E-state index in [1.54, 1.807) is 30.3 Å². The van der Waals surface area contributed by atoms with Crippen molar-refractivity contribution in [3.05, 3.63) is 70.1 Å². The highest BCUT2D eigenvalue weighted by Gasteiger charge is 2.31. The van der Waals surface area contributed by atoms with Crippen molar-refractivity contribution in [2.75, 3.05) is 7.11 Å². The summed E-state index contributed by atoms with van der Waals surface area (Å²) in [6.45, 7) is -0.662. The van der Waals surface area contributed by atoms with E-state index in [9.17, 15) is 27.6 Å². The maximum Gasteiger partial charge on any atom is 0.417 e. The van der Waals surface area contributed by atoms with Crippen molar-refractivity contribution in [1.82, 2.24) is 9.88 Å². The normalized spacial score (nSPS) is 12.3. The summed E-state index contributed by atoms with van der Waals surface area (Å²) in [4.78, 5) is 35.8. The molecule has 144 valence electrons. The molecule has 0 unspecified atom stereocenters. The zero-order chi connectivity index (χ0) is 20.0. The number of rotatable bonds is 6. The number of methoxy groups -OCH3 is 1. The summed E-state index contributed by atoms with van der Waals surface area (Å²) in [5, 5.41) is 2.40. The van der Waals surface area contributed by atoms with Gasteiger partial charge in [-0.05, 0) is 11.6 Å². The lowest BCUT2D eigenvalue weighted by atomic mass is 10.1. The third-order valence-corrected chi connectivity index (χ3v) is 3.73. The Hall–Kier alpha value is -3.10. The zero-order valence-corrected chi connectivity index (χ0v) is 14.3. The monoisotopic (exact) mass is 382 g/mol. The van der Waals surface area contributed by atoms with Gasteiger partial charge in [-0.15, -0.1) is 0 Å². The fourth-order valence-electron chi connectivity index (χ4n) is 2.40. The molecule has 0 aliphatic rings. The molecular formula is C18H17F3N2O4. The molecule has 1 aromatic carbocycles. The number of aromatic nitrogens is 1. The highest BCUT2D eigenvalue weighted by atomic mass is 19.4. The second-order valence-electron chi connectivity index (χ2n) is 5.71. The molecule has 0 aliphatic carbocycles. The lowest BCUT2D eigenvalue weighted by Crippen LogP contribution is -2.45. The summed E-state index contributed by atoms with van der Waals surface area (Å²) >= 11 is 0. The van der Waals surface area contributed by atoms with Crippen molar-refractivity contribution in [2.24, 2.45) is 0 Å². The minimum absolute atomic E-state index is 0.136. The predicted molar refractivity (Wildman–Crippen MR) is 89.8 cm³/mol. The molecule has 1 amide bonds. The first kappa shape index (κ1) is 20.2. The van der Waals surface area contributed by atoms with Crippen molar-refractivity contribution < 1.29 is 27.5 Å². The summed E-state index contributed by atoms with van der Waals surface area (Å²) < 4.78 is 43.6. The summed E-state index contributed by atoms with van der Waals surface area (Å²) in [7, 11) is 1.16. The van der Waals surface area contributed by atoms with E-state index in [1.165, 1.54) is 0 Å². The van der Waals surface area contributed by atoms with E-state index in [4.69, 9.17) is 0 Å². The number of ether oxygens (including phenoxy) is 1. The minimum atomic E-state index is -4.65. The second kappa shape index (κ2) is 8.52. The fourth-order valence-corrected chi connectivity index (χ4v) is 2.40. The minimum Gasteiger partial charge on any atom is -0.467 e. The van der Waals surface area contributed by atoms with E-state index >= 15 is 0 Å². The number of nitrogens with one attached hydrogen (secondary N) is 1. The van der Waals surface area contributed by atoms with E-state index in [-0.39, 0.29) is 6.42 Å². The molecule has 1 atom stereocenters. The molecule has 27 heavy (non-hydrogen) atoms. The Morgan fingerprint density at radius 2 is 1.81 bits per heavy atom. The van der Waals surface area contributed by atoms with Gasteiger partial charge in [0.25, 0.3) is 5.56 Å².